The maximum Gasteiger partial charge on any atom is 0.314 e. The third-order valence-corrected chi connectivity index (χ3v) is 5.13. The SMILES string of the molecule is Cc1cc(=O)c(C(=O)N2CC[C@@H](O)[C@](CC3CC3)(C(=O)O)C2)c[nH]1. The first-order valence-corrected chi connectivity index (χ1v) is 8.23. The Bertz CT molecular complexity index is 724. The Morgan fingerprint density at radius 2 is 2.08 bits per heavy atom. The number of carboxylic acids is 1. The molecule has 24 heavy (non-hydrogen) atoms. The van der Waals surface area contributed by atoms with Crippen LogP contribution in [0.25, 0.3) is 0 Å². The van der Waals surface area contributed by atoms with Gasteiger partial charge in [-0.15, -0.1) is 0 Å². The summed E-state index contributed by atoms with van der Waals surface area (Å²) in [5.74, 6) is -1.25. The van der Waals surface area contributed by atoms with Crippen LogP contribution >= 0.6 is 0 Å². The molecule has 0 radical (unpaired) electrons. The van der Waals surface area contributed by atoms with Crippen molar-refractivity contribution in [2.24, 2.45) is 11.3 Å². The Kier molecular flexibility index (Phi) is 4.21. The van der Waals surface area contributed by atoms with Crippen LogP contribution in [-0.2, 0) is 4.79 Å². The van der Waals surface area contributed by atoms with E-state index in [0.29, 0.717) is 18.0 Å². The zero-order valence-electron chi connectivity index (χ0n) is 13.6. The van der Waals surface area contributed by atoms with E-state index in [1.807, 2.05) is 0 Å². The van der Waals surface area contributed by atoms with Crippen LogP contribution in [0.15, 0.2) is 17.1 Å². The number of aryl methyl sites for hydroxylation is 1. The largest absolute Gasteiger partial charge is 0.481 e. The summed E-state index contributed by atoms with van der Waals surface area (Å²) in [6.07, 6.45) is 2.90. The van der Waals surface area contributed by atoms with Gasteiger partial charge in [-0.1, -0.05) is 12.8 Å². The van der Waals surface area contributed by atoms with Crippen LogP contribution in [-0.4, -0.2) is 51.2 Å². The van der Waals surface area contributed by atoms with Gasteiger partial charge in [0, 0.05) is 31.0 Å². The summed E-state index contributed by atoms with van der Waals surface area (Å²) in [7, 11) is 0. The van der Waals surface area contributed by atoms with Gasteiger partial charge in [-0.25, -0.2) is 0 Å². The lowest BCUT2D eigenvalue weighted by molar-refractivity contribution is -0.163. The number of carboxylic acid groups (broad SMARTS) is 1. The Balaban J connectivity index is 1.87. The van der Waals surface area contributed by atoms with Crippen molar-refractivity contribution in [1.29, 1.82) is 0 Å². The van der Waals surface area contributed by atoms with Crippen molar-refractivity contribution in [2.75, 3.05) is 13.1 Å². The number of pyridine rings is 1. The molecule has 0 spiro atoms. The molecule has 0 unspecified atom stereocenters. The number of amides is 1. The molecule has 1 aromatic rings. The molecule has 7 nitrogen and oxygen atoms in total. The number of nitrogens with zero attached hydrogens (tertiary/aromatic N) is 1. The van der Waals surface area contributed by atoms with E-state index in [2.05, 4.69) is 4.98 Å². The van der Waals surface area contributed by atoms with Gasteiger partial charge >= 0.3 is 5.97 Å². The highest BCUT2D eigenvalue weighted by molar-refractivity contribution is 5.94. The highest BCUT2D eigenvalue weighted by Gasteiger charge is 2.52. The molecule has 2 atom stereocenters. The second-order valence-electron chi connectivity index (χ2n) is 7.03. The number of aliphatic carboxylic acids is 1. The van der Waals surface area contributed by atoms with Crippen molar-refractivity contribution >= 4 is 11.9 Å². The fraction of sp³-hybridized carbons (Fsp3) is 0.588. The lowest BCUT2D eigenvalue weighted by atomic mass is 9.73. The van der Waals surface area contributed by atoms with Gasteiger partial charge in [0.15, 0.2) is 5.43 Å². The van der Waals surface area contributed by atoms with Gasteiger partial charge in [0.2, 0.25) is 0 Å². The molecule has 1 saturated heterocycles. The summed E-state index contributed by atoms with van der Waals surface area (Å²) in [5.41, 5.74) is -1.07. The molecule has 1 amide bonds. The fourth-order valence-corrected chi connectivity index (χ4v) is 3.50. The fourth-order valence-electron chi connectivity index (χ4n) is 3.50. The van der Waals surface area contributed by atoms with Gasteiger partial charge in [0.05, 0.1) is 6.10 Å². The molecule has 1 saturated carbocycles. The number of likely N-dealkylation sites (tertiary alicyclic amines) is 1. The minimum absolute atomic E-state index is 0.00250. The van der Waals surface area contributed by atoms with Crippen LogP contribution in [0.2, 0.25) is 0 Å². The molecule has 130 valence electrons. The number of aliphatic hydroxyl groups is 1. The number of aromatic amines is 1. The number of rotatable bonds is 4. The predicted octanol–water partition coefficient (Wildman–Crippen LogP) is 0.761. The second-order valence-corrected chi connectivity index (χ2v) is 7.03. The minimum Gasteiger partial charge on any atom is -0.481 e. The zero-order chi connectivity index (χ0) is 17.5. The topological polar surface area (TPSA) is 111 Å². The first-order chi connectivity index (χ1) is 11.3. The third kappa shape index (κ3) is 2.96. The number of nitrogens with one attached hydrogen (secondary N) is 1. The smallest absolute Gasteiger partial charge is 0.314 e. The maximum atomic E-state index is 12.7. The molecule has 2 fully saturated rings. The van der Waals surface area contributed by atoms with Crippen molar-refractivity contribution in [3.63, 3.8) is 0 Å². The van der Waals surface area contributed by atoms with Gasteiger partial charge in [-0.3, -0.25) is 14.4 Å². The molecular weight excluding hydrogens is 312 g/mol. The minimum atomic E-state index is -1.34. The van der Waals surface area contributed by atoms with Gasteiger partial charge < -0.3 is 20.1 Å². The van der Waals surface area contributed by atoms with E-state index < -0.39 is 23.4 Å². The van der Waals surface area contributed by atoms with Gasteiger partial charge in [-0.05, 0) is 25.7 Å². The normalized spacial score (nSPS) is 27.1. The summed E-state index contributed by atoms with van der Waals surface area (Å²) in [4.78, 5) is 40.9. The number of hydrogen-bond donors (Lipinski definition) is 3. The monoisotopic (exact) mass is 334 g/mol. The molecule has 1 aliphatic heterocycles. The van der Waals surface area contributed by atoms with Crippen LogP contribution in [0.4, 0.5) is 0 Å². The van der Waals surface area contributed by atoms with E-state index in [-0.39, 0.29) is 30.5 Å². The highest BCUT2D eigenvalue weighted by Crippen LogP contribution is 2.45. The molecule has 2 aliphatic rings. The Hall–Kier alpha value is -2.15. The van der Waals surface area contributed by atoms with E-state index in [4.69, 9.17) is 0 Å². The number of hydrogen-bond acceptors (Lipinski definition) is 4. The van der Waals surface area contributed by atoms with Crippen LogP contribution in [0.5, 0.6) is 0 Å². The summed E-state index contributed by atoms with van der Waals surface area (Å²) < 4.78 is 0. The average Bonchev–Trinajstić information content (AvgIpc) is 3.32. The maximum absolute atomic E-state index is 12.7. The molecular formula is C17H22N2O5. The van der Waals surface area contributed by atoms with Crippen molar-refractivity contribution in [3.05, 3.63) is 33.7 Å². The van der Waals surface area contributed by atoms with Crippen LogP contribution in [0.1, 0.15) is 41.7 Å². The Morgan fingerprint density at radius 3 is 2.67 bits per heavy atom. The number of aromatic nitrogens is 1. The van der Waals surface area contributed by atoms with Crippen molar-refractivity contribution < 1.29 is 19.8 Å². The summed E-state index contributed by atoms with van der Waals surface area (Å²) >= 11 is 0. The predicted molar refractivity (Wildman–Crippen MR) is 85.7 cm³/mol. The highest BCUT2D eigenvalue weighted by atomic mass is 16.4. The standard InChI is InChI=1S/C17H22N2O5/c1-10-6-13(20)12(8-18-10)15(22)19-5-4-14(21)17(9-19,16(23)24)7-11-2-3-11/h6,8,11,14,21H,2-5,7,9H2,1H3,(H,18,20)(H,23,24)/t14-,17-/m1/s1. The summed E-state index contributed by atoms with van der Waals surface area (Å²) in [6, 6.07) is 1.35. The number of carbonyl (C=O) groups is 2. The molecule has 2 heterocycles. The van der Waals surface area contributed by atoms with Crippen molar-refractivity contribution in [1.82, 2.24) is 9.88 Å². The quantitative estimate of drug-likeness (QED) is 0.753. The van der Waals surface area contributed by atoms with E-state index in [1.54, 1.807) is 6.92 Å². The van der Waals surface area contributed by atoms with E-state index in [9.17, 15) is 24.6 Å². The molecule has 1 aromatic heterocycles. The number of carbonyl (C=O) groups excluding carboxylic acids is 1. The molecule has 0 bridgehead atoms. The number of piperidine rings is 1. The van der Waals surface area contributed by atoms with Crippen LogP contribution in [0.3, 0.4) is 0 Å². The van der Waals surface area contributed by atoms with E-state index in [1.165, 1.54) is 17.2 Å². The molecule has 7 heteroatoms. The number of H-pyrrole nitrogens is 1. The zero-order valence-corrected chi connectivity index (χ0v) is 13.6. The Labute approximate surface area is 139 Å². The lowest BCUT2D eigenvalue weighted by Crippen LogP contribution is -2.57. The van der Waals surface area contributed by atoms with Gasteiger partial charge in [-0.2, -0.15) is 0 Å². The Morgan fingerprint density at radius 1 is 1.38 bits per heavy atom. The summed E-state index contributed by atoms with van der Waals surface area (Å²) in [5, 5.41) is 20.1. The molecule has 0 aromatic carbocycles. The third-order valence-electron chi connectivity index (χ3n) is 5.13. The van der Waals surface area contributed by atoms with Crippen LogP contribution in [0, 0.1) is 18.3 Å². The van der Waals surface area contributed by atoms with Crippen LogP contribution < -0.4 is 5.43 Å². The molecule has 3 rings (SSSR count). The van der Waals surface area contributed by atoms with E-state index >= 15 is 0 Å². The van der Waals surface area contributed by atoms with Gasteiger partial charge in [0.25, 0.3) is 5.91 Å². The first kappa shape index (κ1) is 16.7. The van der Waals surface area contributed by atoms with Crippen molar-refractivity contribution in [3.8, 4) is 0 Å². The average molecular weight is 334 g/mol. The second kappa shape index (κ2) is 6.05. The van der Waals surface area contributed by atoms with Gasteiger partial charge in [0.1, 0.15) is 11.0 Å². The first-order valence-electron chi connectivity index (χ1n) is 8.23. The number of aliphatic hydroxyl groups excluding tert-OH is 1. The van der Waals surface area contributed by atoms with E-state index in [0.717, 1.165) is 12.8 Å². The summed E-state index contributed by atoms with van der Waals surface area (Å²) in [6.45, 7) is 1.90. The van der Waals surface area contributed by atoms with Crippen molar-refractivity contribution in [2.45, 2.75) is 38.7 Å². The molecule has 3 N–H and O–H groups in total. The molecule has 1 aliphatic carbocycles. The lowest BCUT2D eigenvalue weighted by Gasteiger charge is -2.43.